The fourth-order valence-electron chi connectivity index (χ4n) is 2.22. The fourth-order valence-corrected chi connectivity index (χ4v) is 2.60. The van der Waals surface area contributed by atoms with E-state index in [1.807, 2.05) is 61.5 Å². The Morgan fingerprint density at radius 3 is 2.33 bits per heavy atom. The molecular formula is C19H16BrN3O. The second-order valence-corrected chi connectivity index (χ2v) is 6.16. The Kier molecular flexibility index (Phi) is 4.91. The summed E-state index contributed by atoms with van der Waals surface area (Å²) < 4.78 is 0.830. The van der Waals surface area contributed by atoms with Crippen LogP contribution in [0.15, 0.2) is 71.3 Å². The van der Waals surface area contributed by atoms with Crippen molar-refractivity contribution in [1.82, 2.24) is 4.98 Å². The monoisotopic (exact) mass is 381 g/mol. The number of amides is 1. The molecule has 1 aromatic heterocycles. The molecular weight excluding hydrogens is 366 g/mol. The molecule has 0 saturated heterocycles. The first kappa shape index (κ1) is 16.2. The van der Waals surface area contributed by atoms with Gasteiger partial charge in [0.15, 0.2) is 0 Å². The second kappa shape index (κ2) is 7.27. The van der Waals surface area contributed by atoms with Crippen molar-refractivity contribution in [3.05, 3.63) is 82.6 Å². The van der Waals surface area contributed by atoms with Crippen molar-refractivity contribution < 1.29 is 4.79 Å². The van der Waals surface area contributed by atoms with Crippen molar-refractivity contribution in [2.75, 3.05) is 10.6 Å². The molecule has 1 heterocycles. The summed E-state index contributed by atoms with van der Waals surface area (Å²) in [5.74, 6) is -0.246. The Morgan fingerprint density at radius 1 is 0.958 bits per heavy atom. The summed E-state index contributed by atoms with van der Waals surface area (Å²) >= 11 is 3.41. The Hall–Kier alpha value is -2.66. The van der Waals surface area contributed by atoms with E-state index in [9.17, 15) is 4.79 Å². The maximum absolute atomic E-state index is 12.3. The van der Waals surface area contributed by atoms with Crippen LogP contribution in [0.25, 0.3) is 0 Å². The first-order valence-corrected chi connectivity index (χ1v) is 8.27. The smallest absolute Gasteiger partial charge is 0.274 e. The lowest BCUT2D eigenvalue weighted by atomic mass is 10.2. The molecule has 0 saturated carbocycles. The number of hydrogen-bond acceptors (Lipinski definition) is 3. The van der Waals surface area contributed by atoms with Crippen LogP contribution in [0.3, 0.4) is 0 Å². The number of para-hydroxylation sites is 2. The van der Waals surface area contributed by atoms with Crippen LogP contribution in [0.1, 0.15) is 16.1 Å². The number of pyridine rings is 1. The highest BCUT2D eigenvalue weighted by Gasteiger charge is 2.09. The zero-order valence-corrected chi connectivity index (χ0v) is 14.7. The van der Waals surface area contributed by atoms with Crippen LogP contribution < -0.4 is 10.6 Å². The molecule has 120 valence electrons. The first-order chi connectivity index (χ1) is 11.6. The van der Waals surface area contributed by atoms with Gasteiger partial charge in [0.2, 0.25) is 0 Å². The van der Waals surface area contributed by atoms with Gasteiger partial charge < -0.3 is 10.6 Å². The van der Waals surface area contributed by atoms with Gasteiger partial charge in [0.05, 0.1) is 17.6 Å². The summed E-state index contributed by atoms with van der Waals surface area (Å²) in [7, 11) is 0. The molecule has 0 bridgehead atoms. The lowest BCUT2D eigenvalue weighted by Gasteiger charge is -2.10. The Bertz CT molecular complexity index is 862. The number of rotatable bonds is 4. The molecule has 1 amide bonds. The van der Waals surface area contributed by atoms with E-state index < -0.39 is 0 Å². The van der Waals surface area contributed by atoms with E-state index in [4.69, 9.17) is 0 Å². The number of nitrogens with zero attached hydrogens (tertiary/aromatic N) is 1. The normalized spacial score (nSPS) is 10.2. The van der Waals surface area contributed by atoms with E-state index in [1.165, 1.54) is 0 Å². The third kappa shape index (κ3) is 3.81. The summed E-state index contributed by atoms with van der Waals surface area (Å²) in [6.07, 6.45) is 1.65. The van der Waals surface area contributed by atoms with Crippen LogP contribution in [0.5, 0.6) is 0 Å². The lowest BCUT2D eigenvalue weighted by molar-refractivity contribution is 0.102. The van der Waals surface area contributed by atoms with Crippen molar-refractivity contribution in [3.8, 4) is 0 Å². The van der Waals surface area contributed by atoms with Crippen LogP contribution in [-0.4, -0.2) is 10.9 Å². The van der Waals surface area contributed by atoms with Gasteiger partial charge in [0, 0.05) is 10.2 Å². The van der Waals surface area contributed by atoms with Crippen molar-refractivity contribution >= 4 is 38.9 Å². The molecule has 0 fully saturated rings. The quantitative estimate of drug-likeness (QED) is 0.656. The number of aryl methyl sites for hydroxylation is 1. The zero-order valence-electron chi connectivity index (χ0n) is 13.1. The molecule has 2 N–H and O–H groups in total. The van der Waals surface area contributed by atoms with Crippen molar-refractivity contribution in [2.24, 2.45) is 0 Å². The predicted molar refractivity (Wildman–Crippen MR) is 101 cm³/mol. The maximum atomic E-state index is 12.3. The van der Waals surface area contributed by atoms with Gasteiger partial charge in [0.1, 0.15) is 5.69 Å². The summed E-state index contributed by atoms with van der Waals surface area (Å²) in [4.78, 5) is 16.5. The number of nitrogens with one attached hydrogen (secondary N) is 2. The SMILES string of the molecule is Cc1ccccc1Nc1ccc(C(=O)Nc2ccccc2Br)nc1. The Morgan fingerprint density at radius 2 is 1.67 bits per heavy atom. The predicted octanol–water partition coefficient (Wildman–Crippen LogP) is 5.15. The summed E-state index contributed by atoms with van der Waals surface area (Å²) in [5, 5.41) is 6.13. The van der Waals surface area contributed by atoms with Gasteiger partial charge in [-0.2, -0.15) is 0 Å². The van der Waals surface area contributed by atoms with Crippen LogP contribution >= 0.6 is 15.9 Å². The van der Waals surface area contributed by atoms with E-state index in [0.717, 1.165) is 21.4 Å². The van der Waals surface area contributed by atoms with Crippen LogP contribution in [0, 0.1) is 6.92 Å². The van der Waals surface area contributed by atoms with E-state index >= 15 is 0 Å². The molecule has 0 aliphatic rings. The fraction of sp³-hybridized carbons (Fsp3) is 0.0526. The highest BCUT2D eigenvalue weighted by Crippen LogP contribution is 2.22. The van der Waals surface area contributed by atoms with E-state index in [2.05, 4.69) is 31.5 Å². The molecule has 0 unspecified atom stereocenters. The highest BCUT2D eigenvalue weighted by molar-refractivity contribution is 9.10. The molecule has 3 rings (SSSR count). The standard InChI is InChI=1S/C19H16BrN3O/c1-13-6-2-4-8-16(13)22-14-10-11-18(21-12-14)19(24)23-17-9-5-3-7-15(17)20/h2-12,22H,1H3,(H,23,24). The molecule has 0 aliphatic carbocycles. The third-order valence-electron chi connectivity index (χ3n) is 3.54. The van der Waals surface area contributed by atoms with Crippen molar-refractivity contribution in [3.63, 3.8) is 0 Å². The number of carbonyl (C=O) groups is 1. The number of halogens is 1. The maximum Gasteiger partial charge on any atom is 0.274 e. The van der Waals surface area contributed by atoms with Gasteiger partial charge in [-0.3, -0.25) is 4.79 Å². The van der Waals surface area contributed by atoms with Gasteiger partial charge in [-0.1, -0.05) is 30.3 Å². The average Bonchev–Trinajstić information content (AvgIpc) is 2.59. The number of anilines is 3. The molecule has 3 aromatic rings. The molecule has 0 atom stereocenters. The number of carbonyl (C=O) groups excluding carboxylic acids is 1. The minimum atomic E-state index is -0.246. The summed E-state index contributed by atoms with van der Waals surface area (Å²) in [6.45, 7) is 2.04. The van der Waals surface area contributed by atoms with E-state index in [0.29, 0.717) is 11.4 Å². The molecule has 2 aromatic carbocycles. The molecule has 0 spiro atoms. The highest BCUT2D eigenvalue weighted by atomic mass is 79.9. The van der Waals surface area contributed by atoms with Gasteiger partial charge >= 0.3 is 0 Å². The van der Waals surface area contributed by atoms with Crippen LogP contribution in [-0.2, 0) is 0 Å². The first-order valence-electron chi connectivity index (χ1n) is 7.48. The largest absolute Gasteiger partial charge is 0.354 e. The number of aromatic nitrogens is 1. The average molecular weight is 382 g/mol. The number of benzene rings is 2. The second-order valence-electron chi connectivity index (χ2n) is 5.31. The van der Waals surface area contributed by atoms with Crippen molar-refractivity contribution in [1.29, 1.82) is 0 Å². The molecule has 0 radical (unpaired) electrons. The van der Waals surface area contributed by atoms with Crippen molar-refractivity contribution in [2.45, 2.75) is 6.92 Å². The van der Waals surface area contributed by atoms with Crippen LogP contribution in [0.4, 0.5) is 17.1 Å². The minimum absolute atomic E-state index is 0.246. The van der Waals surface area contributed by atoms with Gasteiger partial charge in [-0.25, -0.2) is 4.98 Å². The minimum Gasteiger partial charge on any atom is -0.354 e. The number of hydrogen-bond donors (Lipinski definition) is 2. The zero-order chi connectivity index (χ0) is 16.9. The Labute approximate surface area is 149 Å². The van der Waals surface area contributed by atoms with E-state index in [-0.39, 0.29) is 5.91 Å². The molecule has 24 heavy (non-hydrogen) atoms. The van der Waals surface area contributed by atoms with Crippen LogP contribution in [0.2, 0.25) is 0 Å². The molecule has 5 heteroatoms. The Balaban J connectivity index is 1.71. The topological polar surface area (TPSA) is 54.0 Å². The van der Waals surface area contributed by atoms with Gasteiger partial charge in [-0.15, -0.1) is 0 Å². The van der Waals surface area contributed by atoms with E-state index in [1.54, 1.807) is 12.3 Å². The lowest BCUT2D eigenvalue weighted by Crippen LogP contribution is -2.13. The third-order valence-corrected chi connectivity index (χ3v) is 4.23. The summed E-state index contributed by atoms with van der Waals surface area (Å²) in [5.41, 5.74) is 4.08. The molecule has 4 nitrogen and oxygen atoms in total. The van der Waals surface area contributed by atoms with Gasteiger partial charge in [-0.05, 0) is 58.7 Å². The molecule has 0 aliphatic heterocycles. The van der Waals surface area contributed by atoms with Gasteiger partial charge in [0.25, 0.3) is 5.91 Å². The summed E-state index contributed by atoms with van der Waals surface area (Å²) in [6, 6.07) is 19.0.